The van der Waals surface area contributed by atoms with Crippen LogP contribution in [0.2, 0.25) is 0 Å². The summed E-state index contributed by atoms with van der Waals surface area (Å²) in [6, 6.07) is 0. The van der Waals surface area contributed by atoms with Gasteiger partial charge >= 0.3 is 0 Å². The predicted octanol–water partition coefficient (Wildman–Crippen LogP) is -0.415. The number of aliphatic hydroxyl groups is 1. The summed E-state index contributed by atoms with van der Waals surface area (Å²) in [6.45, 7) is 1.09. The minimum Gasteiger partial charge on any atom is -0.505 e. The van der Waals surface area contributed by atoms with E-state index in [1.54, 1.807) is 14.0 Å². The summed E-state index contributed by atoms with van der Waals surface area (Å²) in [6.07, 6.45) is 0.466. The zero-order valence-electron chi connectivity index (χ0n) is 9.97. The van der Waals surface area contributed by atoms with Crippen LogP contribution in [0.4, 0.5) is 5.82 Å². The van der Waals surface area contributed by atoms with Crippen LogP contribution in [0, 0.1) is 6.92 Å². The average Bonchev–Trinajstić information content (AvgIpc) is 2.30. The number of aromatic hydroxyl groups is 1. The number of nitrogens with zero attached hydrogens (tertiary/aromatic N) is 2. The highest BCUT2D eigenvalue weighted by molar-refractivity contribution is 7.80. The van der Waals surface area contributed by atoms with Crippen LogP contribution in [0.25, 0.3) is 0 Å². The van der Waals surface area contributed by atoms with Gasteiger partial charge in [0, 0.05) is 12.6 Å². The van der Waals surface area contributed by atoms with E-state index in [2.05, 4.69) is 22.6 Å². The molecule has 0 unspecified atom stereocenters. The number of anilines is 1. The topological polar surface area (TPSA) is 112 Å². The summed E-state index contributed by atoms with van der Waals surface area (Å²) in [5.74, 6) is 0.0178. The molecule has 1 aromatic rings. The van der Waals surface area contributed by atoms with Crippen molar-refractivity contribution in [3.8, 4) is 5.75 Å². The molecule has 0 radical (unpaired) electrons. The molecule has 0 aliphatic heterocycles. The molecule has 8 heteroatoms. The molecule has 0 saturated carbocycles. The van der Waals surface area contributed by atoms with Crippen LogP contribution in [0.5, 0.6) is 5.75 Å². The van der Waals surface area contributed by atoms with E-state index in [0.29, 0.717) is 6.29 Å². The Bertz CT molecular complexity index is 493. The number of nitrogens with two attached hydrogens (primary N) is 1. The molecule has 1 heterocycles. The molecule has 0 amide bonds. The quantitative estimate of drug-likeness (QED) is 0.332. The molecular formula is C10H14N4O3S. The van der Waals surface area contributed by atoms with E-state index < -0.39 is 6.61 Å². The number of aliphatic hydroxyl groups excluding tert-OH is 1. The molecule has 7 nitrogen and oxygen atoms in total. The molecule has 98 valence electrons. The Hall–Kier alpha value is -1.93. The molecule has 0 spiro atoms. The summed E-state index contributed by atoms with van der Waals surface area (Å²) in [7, 11) is 1.58. The maximum absolute atomic E-state index is 11.0. The first-order valence-electron chi connectivity index (χ1n) is 5.00. The third kappa shape index (κ3) is 2.66. The van der Waals surface area contributed by atoms with Crippen molar-refractivity contribution in [1.82, 2.24) is 10.4 Å². The largest absolute Gasteiger partial charge is 0.505 e. The van der Waals surface area contributed by atoms with Gasteiger partial charge in [-0.05, 0) is 19.1 Å². The van der Waals surface area contributed by atoms with Crippen LogP contribution in [-0.2, 0) is 6.61 Å². The fraction of sp³-hybridized carbons (Fsp3) is 0.300. The van der Waals surface area contributed by atoms with Gasteiger partial charge in [0.2, 0.25) is 0 Å². The number of carbonyl (C=O) groups excluding carboxylic acids is 1. The van der Waals surface area contributed by atoms with Gasteiger partial charge in [-0.15, -0.1) is 0 Å². The minimum atomic E-state index is -0.451. The number of thiocarbonyl (C=S) groups is 1. The smallest absolute Gasteiger partial charge is 0.182 e. The van der Waals surface area contributed by atoms with E-state index >= 15 is 0 Å². The third-order valence-electron chi connectivity index (χ3n) is 2.34. The SMILES string of the molecule is Cc1nc(N(C)NC(N)=S)c(CO)c(C=O)c1O. The molecular weight excluding hydrogens is 256 g/mol. The fourth-order valence-corrected chi connectivity index (χ4v) is 1.65. The fourth-order valence-electron chi connectivity index (χ4n) is 1.52. The zero-order chi connectivity index (χ0) is 13.9. The Kier molecular flexibility index (Phi) is 4.40. The first kappa shape index (κ1) is 14.1. The predicted molar refractivity (Wildman–Crippen MR) is 70.3 cm³/mol. The number of hydrogen-bond acceptors (Lipinski definition) is 6. The van der Waals surface area contributed by atoms with Gasteiger partial charge in [0.25, 0.3) is 0 Å². The number of hydrogen-bond donors (Lipinski definition) is 4. The number of hydrazine groups is 1. The van der Waals surface area contributed by atoms with E-state index in [0.717, 1.165) is 0 Å². The van der Waals surface area contributed by atoms with Gasteiger partial charge in [-0.1, -0.05) is 0 Å². The zero-order valence-corrected chi connectivity index (χ0v) is 10.8. The highest BCUT2D eigenvalue weighted by atomic mass is 32.1. The normalized spacial score (nSPS) is 9.94. The van der Waals surface area contributed by atoms with E-state index in [1.807, 2.05) is 0 Å². The summed E-state index contributed by atoms with van der Waals surface area (Å²) < 4.78 is 0. The number of pyridine rings is 1. The molecule has 1 aromatic heterocycles. The van der Waals surface area contributed by atoms with Crippen LogP contribution in [0.15, 0.2) is 0 Å². The summed E-state index contributed by atoms with van der Waals surface area (Å²) in [5.41, 5.74) is 8.39. The van der Waals surface area contributed by atoms with Crippen molar-refractivity contribution >= 4 is 29.4 Å². The lowest BCUT2D eigenvalue weighted by Crippen LogP contribution is -2.43. The van der Waals surface area contributed by atoms with Gasteiger partial charge in [0.15, 0.2) is 17.2 Å². The monoisotopic (exact) mass is 270 g/mol. The maximum Gasteiger partial charge on any atom is 0.182 e. The molecule has 5 N–H and O–H groups in total. The van der Waals surface area contributed by atoms with Crippen molar-refractivity contribution < 1.29 is 15.0 Å². The van der Waals surface area contributed by atoms with Crippen LogP contribution < -0.4 is 16.2 Å². The van der Waals surface area contributed by atoms with Crippen molar-refractivity contribution in [1.29, 1.82) is 0 Å². The van der Waals surface area contributed by atoms with E-state index in [1.165, 1.54) is 5.01 Å². The Labute approximate surface area is 109 Å². The Balaban J connectivity index is 3.39. The molecule has 0 bridgehead atoms. The first-order chi connectivity index (χ1) is 8.42. The lowest BCUT2D eigenvalue weighted by atomic mass is 10.1. The van der Waals surface area contributed by atoms with Crippen molar-refractivity contribution in [3.63, 3.8) is 0 Å². The lowest BCUT2D eigenvalue weighted by Gasteiger charge is -2.23. The number of aromatic nitrogens is 1. The second-order valence-electron chi connectivity index (χ2n) is 3.57. The maximum atomic E-state index is 11.0. The Morgan fingerprint density at radius 1 is 1.67 bits per heavy atom. The highest BCUT2D eigenvalue weighted by Gasteiger charge is 2.19. The van der Waals surface area contributed by atoms with E-state index in [9.17, 15) is 15.0 Å². The van der Waals surface area contributed by atoms with Crippen molar-refractivity contribution in [3.05, 3.63) is 16.8 Å². The molecule has 0 atom stereocenters. The van der Waals surface area contributed by atoms with Gasteiger partial charge in [-0.2, -0.15) is 0 Å². The van der Waals surface area contributed by atoms with Crippen molar-refractivity contribution in [2.45, 2.75) is 13.5 Å². The second kappa shape index (κ2) is 5.61. The van der Waals surface area contributed by atoms with Crippen LogP contribution in [-0.4, -0.2) is 33.6 Å². The number of aryl methyl sites for hydroxylation is 1. The molecule has 0 aromatic carbocycles. The molecule has 0 aliphatic rings. The van der Waals surface area contributed by atoms with Crippen LogP contribution in [0.1, 0.15) is 21.6 Å². The number of nitrogens with one attached hydrogen (secondary N) is 1. The van der Waals surface area contributed by atoms with E-state index in [4.69, 9.17) is 5.73 Å². The molecule has 0 fully saturated rings. The Morgan fingerprint density at radius 2 is 2.28 bits per heavy atom. The van der Waals surface area contributed by atoms with E-state index in [-0.39, 0.29) is 33.5 Å². The summed E-state index contributed by atoms with van der Waals surface area (Å²) in [4.78, 5) is 15.1. The van der Waals surface area contributed by atoms with Gasteiger partial charge < -0.3 is 15.9 Å². The third-order valence-corrected chi connectivity index (χ3v) is 2.43. The molecule has 1 rings (SSSR count). The first-order valence-corrected chi connectivity index (χ1v) is 5.41. The molecule has 0 saturated heterocycles. The number of rotatable bonds is 4. The van der Waals surface area contributed by atoms with Gasteiger partial charge in [-0.3, -0.25) is 15.2 Å². The summed E-state index contributed by atoms with van der Waals surface area (Å²) in [5, 5.41) is 20.4. The van der Waals surface area contributed by atoms with Crippen molar-refractivity contribution in [2.75, 3.05) is 12.1 Å². The van der Waals surface area contributed by atoms with Crippen LogP contribution >= 0.6 is 12.2 Å². The van der Waals surface area contributed by atoms with Gasteiger partial charge in [0.05, 0.1) is 17.9 Å². The number of aldehydes is 1. The van der Waals surface area contributed by atoms with Gasteiger partial charge in [0.1, 0.15) is 5.75 Å². The Morgan fingerprint density at radius 3 is 2.72 bits per heavy atom. The summed E-state index contributed by atoms with van der Waals surface area (Å²) >= 11 is 4.69. The van der Waals surface area contributed by atoms with Crippen LogP contribution in [0.3, 0.4) is 0 Å². The van der Waals surface area contributed by atoms with Gasteiger partial charge in [-0.25, -0.2) is 4.98 Å². The lowest BCUT2D eigenvalue weighted by molar-refractivity contribution is 0.111. The average molecular weight is 270 g/mol. The second-order valence-corrected chi connectivity index (χ2v) is 4.01. The number of carbonyl (C=O) groups is 1. The van der Waals surface area contributed by atoms with Crippen molar-refractivity contribution in [2.24, 2.45) is 5.73 Å². The molecule has 0 aliphatic carbocycles. The molecule has 18 heavy (non-hydrogen) atoms. The standard InChI is InChI=1S/C10H14N4O3S/c1-5-8(17)6(3-15)7(4-16)9(12-5)14(2)13-10(11)18/h3,16-17H,4H2,1-2H3,(H3,11,13,18). The highest BCUT2D eigenvalue weighted by Crippen LogP contribution is 2.28. The minimum absolute atomic E-state index is 0.00316.